The van der Waals surface area contributed by atoms with Gasteiger partial charge in [-0.15, -0.1) is 6.42 Å². The van der Waals surface area contributed by atoms with Crippen molar-refractivity contribution in [2.45, 2.75) is 19.4 Å². The van der Waals surface area contributed by atoms with E-state index in [1.807, 2.05) is 108 Å². The van der Waals surface area contributed by atoms with Crippen molar-refractivity contribution >= 4 is 0 Å². The van der Waals surface area contributed by atoms with E-state index in [1.54, 1.807) is 0 Å². The number of rotatable bonds is 3. The minimum atomic E-state index is -0.332. The van der Waals surface area contributed by atoms with Crippen LogP contribution in [0, 0.1) is 70.6 Å². The predicted octanol–water partition coefficient (Wildman–Crippen LogP) is 4.37. The summed E-state index contributed by atoms with van der Waals surface area (Å²) < 4.78 is 0. The molecule has 0 saturated heterocycles. The SMILES string of the molecule is C[CH-]CC(O)c1ccccc1.[CH]1[CH][CH][CH][CH]1.[CH]1[CH][CH][CH][CH]1.[Zr]. The molecule has 22 heavy (non-hydrogen) atoms. The predicted molar refractivity (Wildman–Crippen MR) is 89.0 cm³/mol. The fraction of sp³-hybridized carbons (Fsp3) is 0.150. The second kappa shape index (κ2) is 15.9. The van der Waals surface area contributed by atoms with Gasteiger partial charge in [0, 0.05) is 26.2 Å². The van der Waals surface area contributed by atoms with Gasteiger partial charge in [0.05, 0.1) is 6.10 Å². The Kier molecular flexibility index (Phi) is 16.0. The molecule has 2 aliphatic carbocycles. The van der Waals surface area contributed by atoms with E-state index in [0.29, 0.717) is 0 Å². The Hall–Kier alpha value is 0.0631. The van der Waals surface area contributed by atoms with Gasteiger partial charge >= 0.3 is 0 Å². The molecule has 1 aromatic rings. The van der Waals surface area contributed by atoms with Crippen molar-refractivity contribution in [3.05, 3.63) is 107 Å². The Morgan fingerprint density at radius 1 is 0.773 bits per heavy atom. The van der Waals surface area contributed by atoms with Crippen LogP contribution in [0.4, 0.5) is 0 Å². The summed E-state index contributed by atoms with van der Waals surface area (Å²) in [5.41, 5.74) is 0.991. The quantitative estimate of drug-likeness (QED) is 0.783. The van der Waals surface area contributed by atoms with Crippen LogP contribution in [0.15, 0.2) is 30.3 Å². The Morgan fingerprint density at radius 2 is 1.14 bits per heavy atom. The number of hydrogen-bond donors (Lipinski definition) is 1. The fourth-order valence-corrected chi connectivity index (χ4v) is 1.68. The van der Waals surface area contributed by atoms with E-state index < -0.39 is 0 Å². The zero-order valence-corrected chi connectivity index (χ0v) is 15.4. The van der Waals surface area contributed by atoms with Gasteiger partial charge in [0.15, 0.2) is 0 Å². The van der Waals surface area contributed by atoms with Crippen LogP contribution in [0.25, 0.3) is 0 Å². The molecule has 0 aliphatic heterocycles. The first-order chi connectivity index (χ1) is 10.3. The zero-order chi connectivity index (χ0) is 15.2. The molecule has 0 amide bonds. The van der Waals surface area contributed by atoms with Gasteiger partial charge in [0.1, 0.15) is 0 Å². The number of aliphatic hydroxyl groups excluding tert-OH is 1. The molecule has 1 aromatic carbocycles. The third-order valence-corrected chi connectivity index (χ3v) is 2.75. The van der Waals surface area contributed by atoms with Crippen LogP contribution in [-0.2, 0) is 26.2 Å². The summed E-state index contributed by atoms with van der Waals surface area (Å²) >= 11 is 0. The molecule has 1 N–H and O–H groups in total. The molecule has 2 heteroatoms. The molecule has 0 aromatic heterocycles. The average molecular weight is 371 g/mol. The van der Waals surface area contributed by atoms with Crippen LogP contribution in [0.2, 0.25) is 0 Å². The van der Waals surface area contributed by atoms with Crippen molar-refractivity contribution < 1.29 is 31.3 Å². The van der Waals surface area contributed by atoms with Crippen LogP contribution < -0.4 is 0 Å². The van der Waals surface area contributed by atoms with Gasteiger partial charge in [0.2, 0.25) is 0 Å². The van der Waals surface area contributed by atoms with Gasteiger partial charge in [-0.2, -0.15) is 6.92 Å². The first-order valence-corrected chi connectivity index (χ1v) is 7.18. The number of hydrogen-bond acceptors (Lipinski definition) is 1. The van der Waals surface area contributed by atoms with Gasteiger partial charge in [-0.1, -0.05) is 30.3 Å². The minimum Gasteiger partial charge on any atom is -0.391 e. The third kappa shape index (κ3) is 11.6. The summed E-state index contributed by atoms with van der Waals surface area (Å²) in [6, 6.07) is 9.70. The molecule has 2 fully saturated rings. The molecular formula is C20H23OZr-. The van der Waals surface area contributed by atoms with Crippen LogP contribution in [0.1, 0.15) is 25.0 Å². The molecule has 0 spiro atoms. The molecule has 2 aliphatic rings. The maximum atomic E-state index is 9.49. The Balaban J connectivity index is 0.000000334. The van der Waals surface area contributed by atoms with Crippen LogP contribution in [0.5, 0.6) is 0 Å². The van der Waals surface area contributed by atoms with Crippen molar-refractivity contribution in [2.24, 2.45) is 0 Å². The van der Waals surface area contributed by atoms with Crippen molar-refractivity contribution in [3.63, 3.8) is 0 Å². The van der Waals surface area contributed by atoms with Crippen LogP contribution in [0.3, 0.4) is 0 Å². The van der Waals surface area contributed by atoms with Crippen LogP contribution in [-0.4, -0.2) is 5.11 Å². The molecule has 0 bridgehead atoms. The van der Waals surface area contributed by atoms with Gasteiger partial charge in [0.25, 0.3) is 0 Å². The second-order valence-electron chi connectivity index (χ2n) is 4.49. The number of benzene rings is 1. The number of aliphatic hydroxyl groups is 1. The topological polar surface area (TPSA) is 20.2 Å². The van der Waals surface area contributed by atoms with Crippen molar-refractivity contribution in [1.82, 2.24) is 0 Å². The van der Waals surface area contributed by atoms with E-state index >= 15 is 0 Å². The summed E-state index contributed by atoms with van der Waals surface area (Å²) in [4.78, 5) is 0. The molecule has 3 rings (SSSR count). The van der Waals surface area contributed by atoms with Gasteiger partial charge in [-0.3, -0.25) is 0 Å². The molecule has 1 atom stereocenters. The summed E-state index contributed by atoms with van der Waals surface area (Å²) in [5.74, 6) is 0. The summed E-state index contributed by atoms with van der Waals surface area (Å²) in [7, 11) is 0. The largest absolute Gasteiger partial charge is 0.391 e. The molecule has 1 nitrogen and oxygen atoms in total. The summed E-state index contributed by atoms with van der Waals surface area (Å²) in [6.45, 7) is 1.95. The van der Waals surface area contributed by atoms with Crippen LogP contribution >= 0.6 is 0 Å². The van der Waals surface area contributed by atoms with Crippen molar-refractivity contribution in [3.8, 4) is 0 Å². The van der Waals surface area contributed by atoms with E-state index in [9.17, 15) is 5.11 Å². The van der Waals surface area contributed by atoms with E-state index in [2.05, 4.69) is 0 Å². The molecule has 1 unspecified atom stereocenters. The molecular weight excluding hydrogens is 347 g/mol. The third-order valence-electron chi connectivity index (χ3n) is 2.75. The maximum Gasteiger partial charge on any atom is 0.0521 e. The Bertz CT molecular complexity index is 293. The normalized spacial score (nSPS) is 17.4. The van der Waals surface area contributed by atoms with E-state index in [0.717, 1.165) is 12.0 Å². The molecule has 0 heterocycles. The Labute approximate surface area is 157 Å². The standard InChI is InChI=1S/C10H13O.2C5H5.Zr/c1-2-6-10(11)9-7-4-3-5-8-9;2*1-2-4-5-3-1;/h2-5,7-8,10-11H,6H2,1H3;2*1-5H;/q-1;;;. The monoisotopic (exact) mass is 369 g/mol. The van der Waals surface area contributed by atoms with Gasteiger partial charge in [-0.25, -0.2) is 0 Å². The van der Waals surface area contributed by atoms with Crippen molar-refractivity contribution in [1.29, 1.82) is 0 Å². The smallest absolute Gasteiger partial charge is 0.0521 e. The first-order valence-electron chi connectivity index (χ1n) is 7.18. The average Bonchev–Trinajstić information content (AvgIpc) is 3.26. The second-order valence-corrected chi connectivity index (χ2v) is 4.49. The minimum absolute atomic E-state index is 0. The van der Waals surface area contributed by atoms with E-state index in [-0.39, 0.29) is 32.3 Å². The molecule has 114 valence electrons. The van der Waals surface area contributed by atoms with E-state index in [4.69, 9.17) is 0 Å². The maximum absolute atomic E-state index is 9.49. The van der Waals surface area contributed by atoms with Gasteiger partial charge in [-0.05, 0) is 69.8 Å². The molecule has 2 saturated carbocycles. The summed E-state index contributed by atoms with van der Waals surface area (Å²) in [5, 5.41) is 9.49. The van der Waals surface area contributed by atoms with Gasteiger partial charge < -0.3 is 11.5 Å². The van der Waals surface area contributed by atoms with Crippen molar-refractivity contribution in [2.75, 3.05) is 0 Å². The molecule has 10 radical (unpaired) electrons. The summed E-state index contributed by atoms with van der Waals surface area (Å²) in [6.07, 6.45) is 22.4. The fourth-order valence-electron chi connectivity index (χ4n) is 1.68. The Morgan fingerprint density at radius 3 is 1.45 bits per heavy atom. The van der Waals surface area contributed by atoms with E-state index in [1.165, 1.54) is 0 Å². The zero-order valence-electron chi connectivity index (χ0n) is 13.0. The first kappa shape index (κ1) is 22.1.